The minimum Gasteiger partial charge on any atom is -0.457 e. The molecule has 0 spiro atoms. The average Bonchev–Trinajstić information content (AvgIpc) is 2.68. The van der Waals surface area contributed by atoms with Gasteiger partial charge in [0.05, 0.1) is 0 Å². The Balaban J connectivity index is 1.55. The van der Waals surface area contributed by atoms with E-state index in [0.717, 1.165) is 5.75 Å². The zero-order chi connectivity index (χ0) is 19.2. The third-order valence-electron chi connectivity index (χ3n) is 4.58. The van der Waals surface area contributed by atoms with Gasteiger partial charge in [0, 0.05) is 38.2 Å². The maximum atomic E-state index is 12.7. The van der Waals surface area contributed by atoms with Crippen molar-refractivity contribution >= 4 is 11.8 Å². The maximum absolute atomic E-state index is 12.7. The van der Waals surface area contributed by atoms with E-state index < -0.39 is 0 Å². The first-order valence-electron chi connectivity index (χ1n) is 9.43. The van der Waals surface area contributed by atoms with Crippen molar-refractivity contribution in [2.45, 2.75) is 20.3 Å². The van der Waals surface area contributed by atoms with Gasteiger partial charge >= 0.3 is 0 Å². The van der Waals surface area contributed by atoms with Crippen molar-refractivity contribution in [3.8, 4) is 11.5 Å². The van der Waals surface area contributed by atoms with Gasteiger partial charge in [-0.2, -0.15) is 0 Å². The van der Waals surface area contributed by atoms with E-state index in [9.17, 15) is 9.59 Å². The number of amides is 2. The molecule has 27 heavy (non-hydrogen) atoms. The van der Waals surface area contributed by atoms with Crippen molar-refractivity contribution in [1.29, 1.82) is 0 Å². The molecule has 1 fully saturated rings. The Morgan fingerprint density at radius 3 is 2.00 bits per heavy atom. The molecule has 0 N–H and O–H groups in total. The molecule has 0 bridgehead atoms. The highest BCUT2D eigenvalue weighted by molar-refractivity contribution is 5.94. The summed E-state index contributed by atoms with van der Waals surface area (Å²) in [5, 5.41) is 0. The van der Waals surface area contributed by atoms with Gasteiger partial charge < -0.3 is 14.5 Å². The molecule has 0 aromatic heterocycles. The van der Waals surface area contributed by atoms with Crippen LogP contribution in [0.3, 0.4) is 0 Å². The monoisotopic (exact) mass is 366 g/mol. The molecule has 1 aliphatic rings. The molecule has 3 rings (SSSR count). The summed E-state index contributed by atoms with van der Waals surface area (Å²) in [6.07, 6.45) is 0.566. The maximum Gasteiger partial charge on any atom is 0.253 e. The number of ether oxygens (including phenoxy) is 1. The lowest BCUT2D eigenvalue weighted by Crippen LogP contribution is -2.50. The van der Waals surface area contributed by atoms with Crippen LogP contribution in [0.25, 0.3) is 0 Å². The molecule has 142 valence electrons. The number of rotatable bonds is 5. The Morgan fingerprint density at radius 2 is 1.41 bits per heavy atom. The third-order valence-corrected chi connectivity index (χ3v) is 4.58. The second kappa shape index (κ2) is 8.71. The Bertz CT molecular complexity index is 764. The van der Waals surface area contributed by atoms with Crippen LogP contribution in [-0.2, 0) is 4.79 Å². The molecule has 5 nitrogen and oxygen atoms in total. The van der Waals surface area contributed by atoms with Crippen LogP contribution in [0.15, 0.2) is 54.6 Å². The standard InChI is InChI=1S/C22H26N2O3/c1-17(2)16-21(25)23-12-14-24(15-13-23)22(26)18-8-10-20(11-9-18)27-19-6-4-3-5-7-19/h3-11,17H,12-16H2,1-2H3. The summed E-state index contributed by atoms with van der Waals surface area (Å²) in [7, 11) is 0. The zero-order valence-corrected chi connectivity index (χ0v) is 15.9. The third kappa shape index (κ3) is 5.09. The molecule has 5 heteroatoms. The van der Waals surface area contributed by atoms with Gasteiger partial charge in [-0.1, -0.05) is 32.0 Å². The fourth-order valence-electron chi connectivity index (χ4n) is 3.11. The Morgan fingerprint density at radius 1 is 0.852 bits per heavy atom. The predicted octanol–water partition coefficient (Wildman–Crippen LogP) is 3.81. The van der Waals surface area contributed by atoms with Crippen LogP contribution < -0.4 is 4.74 Å². The molecule has 0 unspecified atom stereocenters. The Kier molecular flexibility index (Phi) is 6.12. The summed E-state index contributed by atoms with van der Waals surface area (Å²) in [4.78, 5) is 28.5. The van der Waals surface area contributed by atoms with Gasteiger partial charge in [0.2, 0.25) is 5.91 Å². The lowest BCUT2D eigenvalue weighted by atomic mass is 10.1. The smallest absolute Gasteiger partial charge is 0.253 e. The van der Waals surface area contributed by atoms with E-state index in [4.69, 9.17) is 4.74 Å². The fourth-order valence-corrected chi connectivity index (χ4v) is 3.11. The van der Waals surface area contributed by atoms with Crippen molar-refractivity contribution < 1.29 is 14.3 Å². The highest BCUT2D eigenvalue weighted by atomic mass is 16.5. The van der Waals surface area contributed by atoms with Crippen LogP contribution >= 0.6 is 0 Å². The second-order valence-corrected chi connectivity index (χ2v) is 7.21. The number of nitrogens with zero attached hydrogens (tertiary/aromatic N) is 2. The number of para-hydroxylation sites is 1. The Labute approximate surface area is 160 Å². The van der Waals surface area contributed by atoms with Gasteiger partial charge in [-0.3, -0.25) is 9.59 Å². The molecule has 1 aliphatic heterocycles. The minimum absolute atomic E-state index is 0.00257. The van der Waals surface area contributed by atoms with Crippen LogP contribution in [0.2, 0.25) is 0 Å². The quantitative estimate of drug-likeness (QED) is 0.808. The van der Waals surface area contributed by atoms with E-state index in [1.54, 1.807) is 12.1 Å². The molecule has 0 aliphatic carbocycles. The topological polar surface area (TPSA) is 49.9 Å². The normalized spacial score (nSPS) is 14.3. The van der Waals surface area contributed by atoms with Crippen LogP contribution in [-0.4, -0.2) is 47.8 Å². The van der Waals surface area contributed by atoms with Crippen molar-refractivity contribution in [3.63, 3.8) is 0 Å². The highest BCUT2D eigenvalue weighted by Crippen LogP contribution is 2.22. The van der Waals surface area contributed by atoms with Crippen molar-refractivity contribution in [3.05, 3.63) is 60.2 Å². The van der Waals surface area contributed by atoms with Gasteiger partial charge in [0.25, 0.3) is 5.91 Å². The summed E-state index contributed by atoms with van der Waals surface area (Å²) < 4.78 is 5.76. The largest absolute Gasteiger partial charge is 0.457 e. The van der Waals surface area contributed by atoms with Crippen LogP contribution in [0, 0.1) is 5.92 Å². The molecule has 1 heterocycles. The van der Waals surface area contributed by atoms with Gasteiger partial charge in [-0.15, -0.1) is 0 Å². The molecule has 2 aromatic rings. The van der Waals surface area contributed by atoms with Gasteiger partial charge in [-0.05, 0) is 42.3 Å². The van der Waals surface area contributed by atoms with E-state index in [0.29, 0.717) is 49.8 Å². The summed E-state index contributed by atoms with van der Waals surface area (Å²) in [6, 6.07) is 16.7. The van der Waals surface area contributed by atoms with Crippen LogP contribution in [0.1, 0.15) is 30.6 Å². The lowest BCUT2D eigenvalue weighted by molar-refractivity contribution is -0.133. The van der Waals surface area contributed by atoms with Gasteiger partial charge in [0.15, 0.2) is 0 Å². The molecule has 2 amide bonds. The van der Waals surface area contributed by atoms with E-state index >= 15 is 0 Å². The molecular formula is C22H26N2O3. The summed E-state index contributed by atoms with van der Waals surface area (Å²) in [6.45, 7) is 6.44. The molecule has 2 aromatic carbocycles. The van der Waals surface area contributed by atoms with E-state index in [1.807, 2.05) is 66.1 Å². The van der Waals surface area contributed by atoms with Crippen molar-refractivity contribution in [2.24, 2.45) is 5.92 Å². The van der Waals surface area contributed by atoms with E-state index in [-0.39, 0.29) is 11.8 Å². The van der Waals surface area contributed by atoms with Crippen molar-refractivity contribution in [1.82, 2.24) is 9.80 Å². The van der Waals surface area contributed by atoms with Crippen molar-refractivity contribution in [2.75, 3.05) is 26.2 Å². The van der Waals surface area contributed by atoms with Gasteiger partial charge in [0.1, 0.15) is 11.5 Å². The number of carbonyl (C=O) groups is 2. The second-order valence-electron chi connectivity index (χ2n) is 7.21. The molecule has 0 atom stereocenters. The lowest BCUT2D eigenvalue weighted by Gasteiger charge is -2.35. The summed E-state index contributed by atoms with van der Waals surface area (Å²) >= 11 is 0. The van der Waals surface area contributed by atoms with E-state index in [1.165, 1.54) is 0 Å². The SMILES string of the molecule is CC(C)CC(=O)N1CCN(C(=O)c2ccc(Oc3ccccc3)cc2)CC1. The van der Waals surface area contributed by atoms with Crippen LogP contribution in [0.4, 0.5) is 0 Å². The Hall–Kier alpha value is -2.82. The number of carbonyl (C=O) groups excluding carboxylic acids is 2. The minimum atomic E-state index is -0.00257. The molecular weight excluding hydrogens is 340 g/mol. The summed E-state index contributed by atoms with van der Waals surface area (Å²) in [5.41, 5.74) is 0.636. The first kappa shape index (κ1) is 19.0. The van der Waals surface area contributed by atoms with Crippen LogP contribution in [0.5, 0.6) is 11.5 Å². The molecule has 1 saturated heterocycles. The first-order chi connectivity index (χ1) is 13.0. The highest BCUT2D eigenvalue weighted by Gasteiger charge is 2.25. The first-order valence-corrected chi connectivity index (χ1v) is 9.43. The average molecular weight is 366 g/mol. The summed E-state index contributed by atoms with van der Waals surface area (Å²) in [5.74, 6) is 1.99. The predicted molar refractivity (Wildman–Crippen MR) is 105 cm³/mol. The number of hydrogen-bond donors (Lipinski definition) is 0. The number of piperazine rings is 1. The van der Waals surface area contributed by atoms with E-state index in [2.05, 4.69) is 0 Å². The van der Waals surface area contributed by atoms with Gasteiger partial charge in [-0.25, -0.2) is 0 Å². The number of hydrogen-bond acceptors (Lipinski definition) is 3. The fraction of sp³-hybridized carbons (Fsp3) is 0.364. The molecule has 0 saturated carbocycles. The molecule has 0 radical (unpaired) electrons. The zero-order valence-electron chi connectivity index (χ0n) is 15.9. The number of benzene rings is 2.